The first-order valence-corrected chi connectivity index (χ1v) is 13.4. The Kier molecular flexibility index (Phi) is 6.92. The normalized spacial score (nSPS) is 13.9. The van der Waals surface area contributed by atoms with E-state index in [2.05, 4.69) is 61.3 Å². The van der Waals surface area contributed by atoms with Crippen LogP contribution in [0.25, 0.3) is 10.2 Å². The molecule has 0 unspecified atom stereocenters. The third-order valence-corrected chi connectivity index (χ3v) is 8.13. The van der Waals surface area contributed by atoms with Crippen molar-refractivity contribution in [3.63, 3.8) is 0 Å². The molecule has 36 heavy (non-hydrogen) atoms. The molecule has 1 aliphatic rings. The third-order valence-electron chi connectivity index (χ3n) is 7.03. The van der Waals surface area contributed by atoms with E-state index in [1.165, 1.54) is 21.6 Å². The number of piperazine rings is 1. The maximum atomic E-state index is 13.0. The van der Waals surface area contributed by atoms with Gasteiger partial charge in [0.2, 0.25) is 0 Å². The number of thiophene rings is 1. The van der Waals surface area contributed by atoms with E-state index in [0.29, 0.717) is 13.1 Å². The second-order valence-corrected chi connectivity index (χ2v) is 10.8. The maximum Gasteiger partial charge on any atom is 0.321 e. The molecule has 186 valence electrons. The van der Waals surface area contributed by atoms with Gasteiger partial charge < -0.3 is 15.1 Å². The largest absolute Gasteiger partial charge is 0.352 e. The van der Waals surface area contributed by atoms with Gasteiger partial charge in [0.25, 0.3) is 0 Å². The van der Waals surface area contributed by atoms with Crippen LogP contribution in [0.3, 0.4) is 0 Å². The van der Waals surface area contributed by atoms with Gasteiger partial charge in [-0.1, -0.05) is 48.0 Å². The average Bonchev–Trinajstić information content (AvgIpc) is 3.17. The van der Waals surface area contributed by atoms with Crippen LogP contribution < -0.4 is 10.2 Å². The predicted molar refractivity (Wildman–Crippen MR) is 149 cm³/mol. The Balaban J connectivity index is 1.32. The standard InChI is InChI=1S/C29H33N5OS/c1-19-10-12-24(20(2)18-19)30-29(35)34-16-14-33(15-17-34)27-26-21(3)22(4)36-28(26)32-25(31-27)13-11-23-8-6-5-7-9-23/h5-10,12,18H,11,13-17H2,1-4H3,(H,30,35). The smallest absolute Gasteiger partial charge is 0.321 e. The summed E-state index contributed by atoms with van der Waals surface area (Å²) in [4.78, 5) is 29.6. The van der Waals surface area contributed by atoms with E-state index < -0.39 is 0 Å². The molecule has 1 saturated heterocycles. The highest BCUT2D eigenvalue weighted by Crippen LogP contribution is 2.35. The van der Waals surface area contributed by atoms with Gasteiger partial charge in [0.1, 0.15) is 16.5 Å². The van der Waals surface area contributed by atoms with E-state index >= 15 is 0 Å². The number of benzene rings is 2. The number of fused-ring (bicyclic) bond motifs is 1. The number of urea groups is 1. The highest BCUT2D eigenvalue weighted by molar-refractivity contribution is 7.18. The number of aryl methyl sites for hydroxylation is 6. The van der Waals surface area contributed by atoms with Crippen molar-refractivity contribution in [2.75, 3.05) is 36.4 Å². The lowest BCUT2D eigenvalue weighted by molar-refractivity contribution is 0.208. The molecular weight excluding hydrogens is 466 g/mol. The number of anilines is 2. The Hall–Kier alpha value is -3.45. The zero-order chi connectivity index (χ0) is 25.2. The van der Waals surface area contributed by atoms with Crippen molar-refractivity contribution in [2.45, 2.75) is 40.5 Å². The van der Waals surface area contributed by atoms with Crippen LogP contribution in [0.1, 0.15) is 33.0 Å². The molecule has 0 atom stereocenters. The van der Waals surface area contributed by atoms with Gasteiger partial charge in [-0.25, -0.2) is 14.8 Å². The van der Waals surface area contributed by atoms with Crippen molar-refractivity contribution in [1.82, 2.24) is 14.9 Å². The van der Waals surface area contributed by atoms with Crippen molar-refractivity contribution in [1.29, 1.82) is 0 Å². The van der Waals surface area contributed by atoms with Crippen molar-refractivity contribution in [3.05, 3.63) is 81.5 Å². The number of nitrogens with zero attached hydrogens (tertiary/aromatic N) is 4. The maximum absolute atomic E-state index is 13.0. The van der Waals surface area contributed by atoms with Gasteiger partial charge in [0.05, 0.1) is 5.39 Å². The van der Waals surface area contributed by atoms with Crippen LogP contribution in [0, 0.1) is 27.7 Å². The van der Waals surface area contributed by atoms with E-state index in [1.807, 2.05) is 30.0 Å². The minimum absolute atomic E-state index is 0.0412. The number of amides is 2. The van der Waals surface area contributed by atoms with Gasteiger partial charge >= 0.3 is 6.03 Å². The van der Waals surface area contributed by atoms with Gasteiger partial charge in [-0.15, -0.1) is 11.3 Å². The first kappa shape index (κ1) is 24.3. The summed E-state index contributed by atoms with van der Waals surface area (Å²) in [6, 6.07) is 16.6. The molecule has 2 amide bonds. The lowest BCUT2D eigenvalue weighted by Crippen LogP contribution is -2.50. The summed E-state index contributed by atoms with van der Waals surface area (Å²) in [5, 5.41) is 4.25. The van der Waals surface area contributed by atoms with E-state index in [-0.39, 0.29) is 6.03 Å². The summed E-state index contributed by atoms with van der Waals surface area (Å²) in [6.45, 7) is 11.2. The lowest BCUT2D eigenvalue weighted by Gasteiger charge is -2.36. The molecule has 7 heteroatoms. The highest BCUT2D eigenvalue weighted by Gasteiger charge is 2.25. The number of nitrogens with one attached hydrogen (secondary N) is 1. The van der Waals surface area contributed by atoms with Gasteiger partial charge in [-0.3, -0.25) is 0 Å². The number of rotatable bonds is 5. The topological polar surface area (TPSA) is 61.4 Å². The fourth-order valence-corrected chi connectivity index (χ4v) is 5.82. The molecule has 0 saturated carbocycles. The van der Waals surface area contributed by atoms with Crippen LogP contribution in [-0.2, 0) is 12.8 Å². The fraction of sp³-hybridized carbons (Fsp3) is 0.345. The molecule has 4 aromatic rings. The lowest BCUT2D eigenvalue weighted by atomic mass is 10.1. The van der Waals surface area contributed by atoms with Crippen LogP contribution in [0.15, 0.2) is 48.5 Å². The second-order valence-electron chi connectivity index (χ2n) is 9.64. The van der Waals surface area contributed by atoms with Crippen LogP contribution in [-0.4, -0.2) is 47.1 Å². The molecule has 6 nitrogen and oxygen atoms in total. The molecule has 0 aliphatic carbocycles. The average molecular weight is 500 g/mol. The monoisotopic (exact) mass is 499 g/mol. The Morgan fingerprint density at radius 2 is 1.69 bits per heavy atom. The summed E-state index contributed by atoms with van der Waals surface area (Å²) in [5.74, 6) is 1.90. The quantitative estimate of drug-likeness (QED) is 0.362. The van der Waals surface area contributed by atoms with Crippen LogP contribution in [0.4, 0.5) is 16.3 Å². The fourth-order valence-electron chi connectivity index (χ4n) is 4.78. The number of hydrogen-bond donors (Lipinski definition) is 1. The van der Waals surface area contributed by atoms with Crippen LogP contribution in [0.5, 0.6) is 0 Å². The van der Waals surface area contributed by atoms with Gasteiger partial charge in [-0.2, -0.15) is 0 Å². The Bertz CT molecular complexity index is 1390. The molecule has 1 N–H and O–H groups in total. The Morgan fingerprint density at radius 1 is 0.944 bits per heavy atom. The number of aromatic nitrogens is 2. The van der Waals surface area contributed by atoms with Gasteiger partial charge in [0.15, 0.2) is 0 Å². The molecular formula is C29H33N5OS. The Morgan fingerprint density at radius 3 is 2.42 bits per heavy atom. The summed E-state index contributed by atoms with van der Waals surface area (Å²) in [7, 11) is 0. The summed E-state index contributed by atoms with van der Waals surface area (Å²) < 4.78 is 0. The van der Waals surface area contributed by atoms with Gasteiger partial charge in [-0.05, 0) is 56.9 Å². The van der Waals surface area contributed by atoms with Crippen molar-refractivity contribution in [2.24, 2.45) is 0 Å². The van der Waals surface area contributed by atoms with Crippen molar-refractivity contribution < 1.29 is 4.79 Å². The van der Waals surface area contributed by atoms with E-state index in [9.17, 15) is 4.79 Å². The van der Waals surface area contributed by atoms with Crippen molar-refractivity contribution >= 4 is 39.1 Å². The molecule has 0 radical (unpaired) electrons. The molecule has 5 rings (SSSR count). The van der Waals surface area contributed by atoms with E-state index in [4.69, 9.17) is 9.97 Å². The minimum Gasteiger partial charge on any atom is -0.352 e. The number of carbonyl (C=O) groups excluding carboxylic acids is 1. The predicted octanol–water partition coefficient (Wildman–Crippen LogP) is 6.06. The SMILES string of the molecule is Cc1ccc(NC(=O)N2CCN(c3nc(CCc4ccccc4)nc4sc(C)c(C)c34)CC2)c(C)c1. The molecule has 1 aliphatic heterocycles. The Labute approximate surface area is 217 Å². The summed E-state index contributed by atoms with van der Waals surface area (Å²) >= 11 is 1.75. The highest BCUT2D eigenvalue weighted by atomic mass is 32.1. The van der Waals surface area contributed by atoms with Crippen molar-refractivity contribution in [3.8, 4) is 0 Å². The first-order chi connectivity index (χ1) is 17.4. The second kappa shape index (κ2) is 10.3. The van der Waals surface area contributed by atoms with E-state index in [0.717, 1.165) is 59.0 Å². The molecule has 0 bridgehead atoms. The number of carbonyl (C=O) groups is 1. The molecule has 3 heterocycles. The first-order valence-electron chi connectivity index (χ1n) is 12.6. The minimum atomic E-state index is -0.0412. The number of hydrogen-bond acceptors (Lipinski definition) is 5. The molecule has 2 aromatic carbocycles. The zero-order valence-corrected chi connectivity index (χ0v) is 22.3. The summed E-state index contributed by atoms with van der Waals surface area (Å²) in [5.41, 5.74) is 5.70. The van der Waals surface area contributed by atoms with E-state index in [1.54, 1.807) is 11.3 Å². The molecule has 0 spiro atoms. The van der Waals surface area contributed by atoms with Crippen LogP contribution in [0.2, 0.25) is 0 Å². The zero-order valence-electron chi connectivity index (χ0n) is 21.5. The van der Waals surface area contributed by atoms with Crippen LogP contribution >= 0.6 is 11.3 Å². The molecule has 1 fully saturated rings. The summed E-state index contributed by atoms with van der Waals surface area (Å²) in [6.07, 6.45) is 1.72. The molecule has 2 aromatic heterocycles. The van der Waals surface area contributed by atoms with Gasteiger partial charge in [0, 0.05) is 43.2 Å². The third kappa shape index (κ3) is 5.07.